The van der Waals surface area contributed by atoms with Gasteiger partial charge in [0.05, 0.1) is 5.69 Å². The van der Waals surface area contributed by atoms with Crippen LogP contribution < -0.4 is 10.7 Å². The maximum atomic E-state index is 11.5. The van der Waals surface area contributed by atoms with Crippen LogP contribution in [0.3, 0.4) is 0 Å². The van der Waals surface area contributed by atoms with Crippen LogP contribution in [0.1, 0.15) is 13.3 Å². The van der Waals surface area contributed by atoms with E-state index in [0.717, 1.165) is 23.1 Å². The number of rotatable bonds is 2. The summed E-state index contributed by atoms with van der Waals surface area (Å²) in [5.74, 6) is 0.367. The second-order valence-corrected chi connectivity index (χ2v) is 5.11. The number of nitrogens with zero attached hydrogens (tertiary/aromatic N) is 1. The predicted molar refractivity (Wildman–Crippen MR) is 72.0 cm³/mol. The van der Waals surface area contributed by atoms with Gasteiger partial charge in [0.2, 0.25) is 0 Å². The third-order valence-electron chi connectivity index (χ3n) is 2.58. The largest absolute Gasteiger partial charge is 0.351 e. The van der Waals surface area contributed by atoms with E-state index < -0.39 is 0 Å². The molecule has 0 aliphatic carbocycles. The van der Waals surface area contributed by atoms with Gasteiger partial charge in [0, 0.05) is 17.4 Å². The highest BCUT2D eigenvalue weighted by atomic mass is 79.9. The van der Waals surface area contributed by atoms with E-state index in [9.17, 15) is 4.79 Å². The van der Waals surface area contributed by atoms with Gasteiger partial charge in [-0.2, -0.15) is 5.10 Å². The van der Waals surface area contributed by atoms with Gasteiger partial charge in [0.15, 0.2) is 0 Å². The molecule has 0 saturated carbocycles. The van der Waals surface area contributed by atoms with E-state index in [1.165, 1.54) is 0 Å². The molecule has 2 rings (SSSR count). The summed E-state index contributed by atoms with van der Waals surface area (Å²) in [6.07, 6.45) is 0.718. The van der Waals surface area contributed by atoms with E-state index in [2.05, 4.69) is 38.7 Å². The Kier molecular flexibility index (Phi) is 3.78. The summed E-state index contributed by atoms with van der Waals surface area (Å²) in [6.45, 7) is 2.82. The first-order valence-corrected chi connectivity index (χ1v) is 6.31. The Hall–Kier alpha value is -1.36. The van der Waals surface area contributed by atoms with Crippen molar-refractivity contribution in [3.05, 3.63) is 28.7 Å². The van der Waals surface area contributed by atoms with E-state index >= 15 is 0 Å². The number of amides is 1. The van der Waals surface area contributed by atoms with Gasteiger partial charge in [-0.25, -0.2) is 0 Å². The maximum absolute atomic E-state index is 11.5. The molecule has 2 N–H and O–H groups in total. The van der Waals surface area contributed by atoms with Crippen LogP contribution in [0.4, 0.5) is 5.69 Å². The average molecular weight is 296 g/mol. The first kappa shape index (κ1) is 12.1. The van der Waals surface area contributed by atoms with Gasteiger partial charge >= 0.3 is 0 Å². The lowest BCUT2D eigenvalue weighted by Gasteiger charge is -2.19. The van der Waals surface area contributed by atoms with Gasteiger partial charge in [0.1, 0.15) is 5.71 Å². The van der Waals surface area contributed by atoms with Crippen molar-refractivity contribution in [2.45, 2.75) is 13.3 Å². The molecule has 1 aliphatic heterocycles. The summed E-state index contributed by atoms with van der Waals surface area (Å²) in [6, 6.07) is 7.65. The Bertz CT molecular complexity index is 442. The van der Waals surface area contributed by atoms with Gasteiger partial charge in [-0.1, -0.05) is 22.9 Å². The summed E-state index contributed by atoms with van der Waals surface area (Å²) in [5.41, 5.74) is 4.33. The standard InChI is InChI=1S/C12H14BrN3O/c1-8-6-11(12(17)14-7-8)16-15-10-4-2-9(13)3-5-10/h2-5,8,15H,6-7H2,1H3,(H,14,17). The fraction of sp³-hybridized carbons (Fsp3) is 0.333. The second-order valence-electron chi connectivity index (χ2n) is 4.20. The number of carbonyl (C=O) groups excluding carboxylic acids is 1. The smallest absolute Gasteiger partial charge is 0.267 e. The topological polar surface area (TPSA) is 53.5 Å². The molecule has 0 bridgehead atoms. The lowest BCUT2D eigenvalue weighted by atomic mass is 10.00. The van der Waals surface area contributed by atoms with Crippen molar-refractivity contribution in [1.82, 2.24) is 5.32 Å². The van der Waals surface area contributed by atoms with E-state index in [4.69, 9.17) is 0 Å². The first-order chi connectivity index (χ1) is 8.15. The molecule has 1 aromatic rings. The molecule has 17 heavy (non-hydrogen) atoms. The molecule has 5 heteroatoms. The number of hydrazone groups is 1. The number of nitrogens with one attached hydrogen (secondary N) is 2. The van der Waals surface area contributed by atoms with Crippen molar-refractivity contribution in [3.8, 4) is 0 Å². The number of anilines is 1. The van der Waals surface area contributed by atoms with Gasteiger partial charge in [-0.3, -0.25) is 10.2 Å². The summed E-state index contributed by atoms with van der Waals surface area (Å²) in [4.78, 5) is 11.5. The van der Waals surface area contributed by atoms with Crippen LogP contribution in [0, 0.1) is 5.92 Å². The normalized spacial score (nSPS) is 22.4. The summed E-state index contributed by atoms with van der Waals surface area (Å²) in [5, 5.41) is 6.96. The number of benzene rings is 1. The van der Waals surface area contributed by atoms with Crippen molar-refractivity contribution in [2.75, 3.05) is 12.0 Å². The van der Waals surface area contributed by atoms with Crippen molar-refractivity contribution in [3.63, 3.8) is 0 Å². The molecule has 1 amide bonds. The molecule has 90 valence electrons. The predicted octanol–water partition coefficient (Wildman–Crippen LogP) is 2.37. The third-order valence-corrected chi connectivity index (χ3v) is 3.11. The molecule has 1 atom stereocenters. The zero-order valence-electron chi connectivity index (χ0n) is 9.53. The molecule has 0 radical (unpaired) electrons. The fourth-order valence-corrected chi connectivity index (χ4v) is 1.88. The molecule has 1 heterocycles. The van der Waals surface area contributed by atoms with Crippen LogP contribution in [-0.2, 0) is 4.79 Å². The number of carbonyl (C=O) groups is 1. The van der Waals surface area contributed by atoms with E-state index in [1.807, 2.05) is 24.3 Å². The monoisotopic (exact) mass is 295 g/mol. The second kappa shape index (κ2) is 5.31. The van der Waals surface area contributed by atoms with Crippen molar-refractivity contribution in [2.24, 2.45) is 11.0 Å². The van der Waals surface area contributed by atoms with Crippen LogP contribution >= 0.6 is 15.9 Å². The Labute approximate surface area is 109 Å². The molecule has 1 aliphatic rings. The lowest BCUT2D eigenvalue weighted by Crippen LogP contribution is -2.41. The van der Waals surface area contributed by atoms with E-state index in [0.29, 0.717) is 11.6 Å². The van der Waals surface area contributed by atoms with Crippen LogP contribution in [0.25, 0.3) is 0 Å². The van der Waals surface area contributed by atoms with Crippen LogP contribution in [0.15, 0.2) is 33.8 Å². The molecule has 4 nitrogen and oxygen atoms in total. The summed E-state index contributed by atoms with van der Waals surface area (Å²) in [7, 11) is 0. The quantitative estimate of drug-likeness (QED) is 0.823. The molecule has 1 saturated heterocycles. The number of piperidine rings is 1. The highest BCUT2D eigenvalue weighted by molar-refractivity contribution is 9.10. The van der Waals surface area contributed by atoms with Gasteiger partial charge in [-0.15, -0.1) is 0 Å². The van der Waals surface area contributed by atoms with Gasteiger partial charge in [-0.05, 0) is 30.2 Å². The molecule has 1 aromatic carbocycles. The minimum atomic E-state index is -0.0762. The highest BCUT2D eigenvalue weighted by Crippen LogP contribution is 2.14. The summed E-state index contributed by atoms with van der Waals surface area (Å²) >= 11 is 3.36. The van der Waals surface area contributed by atoms with Gasteiger partial charge in [0.25, 0.3) is 5.91 Å². The third kappa shape index (κ3) is 3.30. The zero-order chi connectivity index (χ0) is 12.3. The number of halogens is 1. The minimum Gasteiger partial charge on any atom is -0.351 e. The van der Waals surface area contributed by atoms with Crippen LogP contribution in [-0.4, -0.2) is 18.2 Å². The van der Waals surface area contributed by atoms with Crippen molar-refractivity contribution < 1.29 is 4.79 Å². The summed E-state index contributed by atoms with van der Waals surface area (Å²) < 4.78 is 1.01. The Balaban J connectivity index is 2.04. The SMILES string of the molecule is CC1CNC(=O)C(=NNc2ccc(Br)cc2)C1. The van der Waals surface area contributed by atoms with Crippen LogP contribution in [0.2, 0.25) is 0 Å². The molecular formula is C12H14BrN3O. The lowest BCUT2D eigenvalue weighted by molar-refractivity contribution is -0.115. The Morgan fingerprint density at radius 2 is 2.12 bits per heavy atom. The molecule has 0 spiro atoms. The minimum absolute atomic E-state index is 0.0762. The maximum Gasteiger partial charge on any atom is 0.267 e. The fourth-order valence-electron chi connectivity index (χ4n) is 1.62. The Morgan fingerprint density at radius 3 is 2.82 bits per heavy atom. The zero-order valence-corrected chi connectivity index (χ0v) is 11.1. The van der Waals surface area contributed by atoms with Crippen LogP contribution in [0.5, 0.6) is 0 Å². The van der Waals surface area contributed by atoms with Crippen molar-refractivity contribution in [1.29, 1.82) is 0 Å². The average Bonchev–Trinajstić information content (AvgIpc) is 2.32. The van der Waals surface area contributed by atoms with E-state index in [-0.39, 0.29) is 5.91 Å². The Morgan fingerprint density at radius 1 is 1.41 bits per heavy atom. The molecule has 1 fully saturated rings. The van der Waals surface area contributed by atoms with E-state index in [1.54, 1.807) is 0 Å². The highest BCUT2D eigenvalue weighted by Gasteiger charge is 2.21. The molecule has 1 unspecified atom stereocenters. The molecular weight excluding hydrogens is 282 g/mol. The van der Waals surface area contributed by atoms with Gasteiger partial charge < -0.3 is 5.32 Å². The molecule has 0 aromatic heterocycles. The first-order valence-electron chi connectivity index (χ1n) is 5.51. The number of hydrogen-bond acceptors (Lipinski definition) is 3. The number of hydrogen-bond donors (Lipinski definition) is 2. The van der Waals surface area contributed by atoms with Crippen molar-refractivity contribution >= 4 is 33.2 Å².